The minimum atomic E-state index is 0.800. The Bertz CT molecular complexity index is 238. The fraction of sp³-hybridized carbons (Fsp3) is 0.692. The van der Waals surface area contributed by atoms with Crippen LogP contribution in [0.25, 0.3) is 0 Å². The molecule has 0 radical (unpaired) electrons. The maximum atomic E-state index is 4.14. The maximum Gasteiger partial charge on any atom is -0.0118 e. The van der Waals surface area contributed by atoms with Gasteiger partial charge in [0.1, 0.15) is 0 Å². The summed E-state index contributed by atoms with van der Waals surface area (Å²) in [5.41, 5.74) is 2.89. The summed E-state index contributed by atoms with van der Waals surface area (Å²) < 4.78 is 0. The second kappa shape index (κ2) is 5.65. The Kier molecular flexibility index (Phi) is 4.80. The first-order valence-electron chi connectivity index (χ1n) is 5.63. The van der Waals surface area contributed by atoms with Crippen LogP contribution in [0.2, 0.25) is 0 Å². The molecule has 0 aliphatic heterocycles. The molecule has 0 spiro atoms. The number of thioether (sulfide) groups is 1. The van der Waals surface area contributed by atoms with Gasteiger partial charge >= 0.3 is 0 Å². The van der Waals surface area contributed by atoms with Crippen LogP contribution in [0.3, 0.4) is 0 Å². The predicted octanol–water partition coefficient (Wildman–Crippen LogP) is 4.78. The third-order valence-corrected chi connectivity index (χ3v) is 3.93. The Balaban J connectivity index is 2.90. The molecule has 1 atom stereocenters. The molecule has 0 nitrogen and oxygen atoms in total. The first-order chi connectivity index (χ1) is 6.70. The Morgan fingerprint density at radius 2 is 2.29 bits per heavy atom. The fourth-order valence-corrected chi connectivity index (χ4v) is 3.36. The van der Waals surface area contributed by atoms with Crippen molar-refractivity contribution in [1.82, 2.24) is 0 Å². The standard InChI is InChI=1S/C13H22S/c1-5-7-11-8-6-9-12(14-4)13(11)10(2)3/h11H,2,5-9H2,1,3-4H3. The molecule has 1 heteroatoms. The summed E-state index contributed by atoms with van der Waals surface area (Å²) in [4.78, 5) is 1.60. The molecule has 0 aromatic heterocycles. The molecular formula is C13H22S. The molecular weight excluding hydrogens is 188 g/mol. The Morgan fingerprint density at radius 3 is 2.79 bits per heavy atom. The van der Waals surface area contributed by atoms with Crippen molar-refractivity contribution in [3.05, 3.63) is 22.6 Å². The molecule has 1 rings (SSSR count). The first-order valence-corrected chi connectivity index (χ1v) is 6.86. The number of allylic oxidation sites excluding steroid dienone is 3. The average molecular weight is 210 g/mol. The van der Waals surface area contributed by atoms with Gasteiger partial charge in [-0.05, 0) is 55.3 Å². The predicted molar refractivity (Wildman–Crippen MR) is 67.6 cm³/mol. The fourth-order valence-electron chi connectivity index (χ4n) is 2.45. The van der Waals surface area contributed by atoms with Gasteiger partial charge in [-0.1, -0.05) is 25.5 Å². The molecule has 0 saturated heterocycles. The van der Waals surface area contributed by atoms with Crippen LogP contribution in [-0.4, -0.2) is 6.26 Å². The van der Waals surface area contributed by atoms with Gasteiger partial charge in [-0.25, -0.2) is 0 Å². The lowest BCUT2D eigenvalue weighted by Gasteiger charge is -2.28. The highest BCUT2D eigenvalue weighted by Gasteiger charge is 2.22. The Hall–Kier alpha value is -0.170. The van der Waals surface area contributed by atoms with Crippen molar-refractivity contribution in [3.8, 4) is 0 Å². The van der Waals surface area contributed by atoms with E-state index in [0.717, 1.165) is 5.92 Å². The first kappa shape index (κ1) is 11.9. The molecule has 0 heterocycles. The zero-order valence-electron chi connectivity index (χ0n) is 9.73. The van der Waals surface area contributed by atoms with E-state index < -0.39 is 0 Å². The highest BCUT2D eigenvalue weighted by Crippen LogP contribution is 2.40. The van der Waals surface area contributed by atoms with Crippen LogP contribution in [0.5, 0.6) is 0 Å². The summed E-state index contributed by atoms with van der Waals surface area (Å²) in [6, 6.07) is 0. The van der Waals surface area contributed by atoms with Crippen LogP contribution in [-0.2, 0) is 0 Å². The lowest BCUT2D eigenvalue weighted by atomic mass is 9.81. The van der Waals surface area contributed by atoms with Crippen LogP contribution in [0.1, 0.15) is 46.0 Å². The third kappa shape index (κ3) is 2.66. The summed E-state index contributed by atoms with van der Waals surface area (Å²) in [7, 11) is 0. The van der Waals surface area contributed by atoms with Gasteiger partial charge in [-0.2, -0.15) is 0 Å². The molecule has 0 bridgehead atoms. The van der Waals surface area contributed by atoms with Gasteiger partial charge in [0.15, 0.2) is 0 Å². The molecule has 0 fully saturated rings. The Labute approximate surface area is 92.9 Å². The van der Waals surface area contributed by atoms with Gasteiger partial charge in [0.2, 0.25) is 0 Å². The van der Waals surface area contributed by atoms with Gasteiger partial charge in [0, 0.05) is 0 Å². The van der Waals surface area contributed by atoms with Crippen molar-refractivity contribution < 1.29 is 0 Å². The molecule has 1 aliphatic carbocycles. The van der Waals surface area contributed by atoms with Crippen molar-refractivity contribution in [2.24, 2.45) is 5.92 Å². The molecule has 0 aromatic carbocycles. The van der Waals surface area contributed by atoms with Crippen molar-refractivity contribution in [2.45, 2.75) is 46.0 Å². The van der Waals surface area contributed by atoms with E-state index in [1.54, 1.807) is 10.5 Å². The van der Waals surface area contributed by atoms with Crippen LogP contribution in [0.4, 0.5) is 0 Å². The molecule has 14 heavy (non-hydrogen) atoms. The molecule has 0 N–H and O–H groups in total. The van der Waals surface area contributed by atoms with Gasteiger partial charge in [0.05, 0.1) is 0 Å². The smallest absolute Gasteiger partial charge is 0.0118 e. The lowest BCUT2D eigenvalue weighted by Crippen LogP contribution is -2.12. The average Bonchev–Trinajstić information content (AvgIpc) is 2.17. The molecule has 0 amide bonds. The summed E-state index contributed by atoms with van der Waals surface area (Å²) in [5.74, 6) is 0.800. The SMILES string of the molecule is C=C(C)C1=C(SC)CCCC1CCC. The minimum absolute atomic E-state index is 0.800. The zero-order valence-corrected chi connectivity index (χ0v) is 10.5. The highest BCUT2D eigenvalue weighted by molar-refractivity contribution is 8.02. The van der Waals surface area contributed by atoms with Crippen LogP contribution in [0, 0.1) is 5.92 Å². The van der Waals surface area contributed by atoms with E-state index in [2.05, 4.69) is 26.7 Å². The summed E-state index contributed by atoms with van der Waals surface area (Å²) in [6.45, 7) is 8.59. The lowest BCUT2D eigenvalue weighted by molar-refractivity contribution is 0.474. The van der Waals surface area contributed by atoms with Crippen LogP contribution >= 0.6 is 11.8 Å². The van der Waals surface area contributed by atoms with Crippen molar-refractivity contribution in [2.75, 3.05) is 6.26 Å². The molecule has 1 unspecified atom stereocenters. The van der Waals surface area contributed by atoms with E-state index in [1.165, 1.54) is 37.7 Å². The van der Waals surface area contributed by atoms with Crippen LogP contribution < -0.4 is 0 Å². The number of hydrogen-bond donors (Lipinski definition) is 0. The summed E-state index contributed by atoms with van der Waals surface area (Å²) in [5, 5.41) is 0. The molecule has 0 saturated carbocycles. The minimum Gasteiger partial charge on any atom is -0.134 e. The number of rotatable bonds is 4. The normalized spacial score (nSPS) is 22.6. The van der Waals surface area contributed by atoms with Gasteiger partial charge < -0.3 is 0 Å². The Morgan fingerprint density at radius 1 is 1.57 bits per heavy atom. The number of hydrogen-bond acceptors (Lipinski definition) is 1. The van der Waals surface area contributed by atoms with Crippen molar-refractivity contribution >= 4 is 11.8 Å². The van der Waals surface area contributed by atoms with Gasteiger partial charge in [-0.3, -0.25) is 0 Å². The van der Waals surface area contributed by atoms with Gasteiger partial charge in [-0.15, -0.1) is 11.8 Å². The van der Waals surface area contributed by atoms with E-state index in [4.69, 9.17) is 0 Å². The van der Waals surface area contributed by atoms with E-state index in [-0.39, 0.29) is 0 Å². The zero-order chi connectivity index (χ0) is 10.6. The van der Waals surface area contributed by atoms with Crippen LogP contribution in [0.15, 0.2) is 22.6 Å². The van der Waals surface area contributed by atoms with Gasteiger partial charge in [0.25, 0.3) is 0 Å². The molecule has 80 valence electrons. The van der Waals surface area contributed by atoms with E-state index in [0.29, 0.717) is 0 Å². The second-order valence-corrected chi connectivity index (χ2v) is 5.10. The largest absolute Gasteiger partial charge is 0.134 e. The second-order valence-electron chi connectivity index (χ2n) is 4.20. The van der Waals surface area contributed by atoms with E-state index in [9.17, 15) is 0 Å². The third-order valence-electron chi connectivity index (χ3n) is 3.01. The quantitative estimate of drug-likeness (QED) is 0.643. The van der Waals surface area contributed by atoms with E-state index >= 15 is 0 Å². The molecule has 0 aromatic rings. The topological polar surface area (TPSA) is 0 Å². The van der Waals surface area contributed by atoms with Crippen molar-refractivity contribution in [3.63, 3.8) is 0 Å². The highest BCUT2D eigenvalue weighted by atomic mass is 32.2. The monoisotopic (exact) mass is 210 g/mol. The summed E-state index contributed by atoms with van der Waals surface area (Å²) >= 11 is 1.93. The van der Waals surface area contributed by atoms with Crippen molar-refractivity contribution in [1.29, 1.82) is 0 Å². The summed E-state index contributed by atoms with van der Waals surface area (Å²) in [6.07, 6.45) is 8.86. The van der Waals surface area contributed by atoms with E-state index in [1.807, 2.05) is 11.8 Å². The molecule has 1 aliphatic rings. The maximum absolute atomic E-state index is 4.14.